The first-order chi connectivity index (χ1) is 9.22. The summed E-state index contributed by atoms with van der Waals surface area (Å²) in [6.07, 6.45) is 0. The zero-order chi connectivity index (χ0) is 13.7. The molecule has 0 saturated carbocycles. The van der Waals surface area contributed by atoms with E-state index in [-0.39, 0.29) is 0 Å². The summed E-state index contributed by atoms with van der Waals surface area (Å²) < 4.78 is 11.7. The third kappa shape index (κ3) is 3.68. The lowest BCUT2D eigenvalue weighted by molar-refractivity contribution is 0.298. The molecule has 0 atom stereocenters. The number of halogens is 1. The van der Waals surface area contributed by atoms with Crippen molar-refractivity contribution in [1.29, 1.82) is 0 Å². The number of nitrogens with zero attached hydrogens (tertiary/aromatic N) is 1. The Balaban J connectivity index is 2.05. The van der Waals surface area contributed by atoms with Crippen LogP contribution in [0.2, 0.25) is 0 Å². The highest BCUT2D eigenvalue weighted by Crippen LogP contribution is 2.29. The van der Waals surface area contributed by atoms with Crippen LogP contribution < -0.4 is 15.2 Å². The zero-order valence-corrected chi connectivity index (χ0v) is 12.2. The molecule has 19 heavy (non-hydrogen) atoms. The van der Waals surface area contributed by atoms with Crippen molar-refractivity contribution in [3.63, 3.8) is 0 Å². The van der Waals surface area contributed by atoms with Gasteiger partial charge in [0.25, 0.3) is 0 Å². The number of ether oxygens (including phenoxy) is 2. The molecule has 2 rings (SSSR count). The highest BCUT2D eigenvalue weighted by molar-refractivity contribution is 9.10. The number of hydrogen-bond donors (Lipinski definition) is 1. The Hall–Kier alpha value is -1.59. The Labute approximate surface area is 120 Å². The molecule has 2 N–H and O–H groups in total. The number of nitrogens with two attached hydrogens (primary N) is 1. The summed E-state index contributed by atoms with van der Waals surface area (Å²) in [5.41, 5.74) is 7.27. The van der Waals surface area contributed by atoms with Gasteiger partial charge in [0.15, 0.2) is 0 Å². The molecule has 0 unspecified atom stereocenters. The van der Waals surface area contributed by atoms with Gasteiger partial charge in [0.1, 0.15) is 18.1 Å². The largest absolute Gasteiger partial charge is 0.497 e. The van der Waals surface area contributed by atoms with Crippen molar-refractivity contribution in [3.8, 4) is 11.5 Å². The Morgan fingerprint density at radius 1 is 1.21 bits per heavy atom. The van der Waals surface area contributed by atoms with Gasteiger partial charge in [0.05, 0.1) is 23.0 Å². The Kier molecular flexibility index (Phi) is 4.76. The van der Waals surface area contributed by atoms with Gasteiger partial charge in [0.2, 0.25) is 0 Å². The minimum absolute atomic E-state index is 0.402. The summed E-state index contributed by atoms with van der Waals surface area (Å²) in [4.78, 5) is 4.38. The van der Waals surface area contributed by atoms with Crippen molar-refractivity contribution in [2.24, 2.45) is 5.73 Å². The first-order valence-electron chi connectivity index (χ1n) is 5.84. The first kappa shape index (κ1) is 13.8. The van der Waals surface area contributed by atoms with E-state index in [1.807, 2.05) is 36.4 Å². The molecule has 0 aliphatic rings. The van der Waals surface area contributed by atoms with Crippen molar-refractivity contribution in [3.05, 3.63) is 52.3 Å². The van der Waals surface area contributed by atoms with E-state index in [4.69, 9.17) is 15.2 Å². The second kappa shape index (κ2) is 6.54. The molecule has 0 amide bonds. The third-order valence-electron chi connectivity index (χ3n) is 2.59. The summed E-state index contributed by atoms with van der Waals surface area (Å²) in [7, 11) is 1.63. The van der Waals surface area contributed by atoms with E-state index < -0.39 is 0 Å². The SMILES string of the molecule is COc1ccc(OCc2cccc(CN)n2)c(Br)c1. The van der Waals surface area contributed by atoms with Crippen LogP contribution in [0.15, 0.2) is 40.9 Å². The molecule has 5 heteroatoms. The van der Waals surface area contributed by atoms with Crippen LogP contribution in [0.4, 0.5) is 0 Å². The number of rotatable bonds is 5. The minimum atomic E-state index is 0.402. The quantitative estimate of drug-likeness (QED) is 0.919. The number of pyridine rings is 1. The van der Waals surface area contributed by atoms with Crippen LogP contribution in [0.25, 0.3) is 0 Å². The Bertz CT molecular complexity index is 561. The molecule has 1 aromatic carbocycles. The lowest BCUT2D eigenvalue weighted by Gasteiger charge is -2.09. The van der Waals surface area contributed by atoms with E-state index >= 15 is 0 Å². The van der Waals surface area contributed by atoms with Crippen LogP contribution >= 0.6 is 15.9 Å². The second-order valence-electron chi connectivity index (χ2n) is 3.91. The van der Waals surface area contributed by atoms with Crippen LogP contribution in [0.3, 0.4) is 0 Å². The highest BCUT2D eigenvalue weighted by atomic mass is 79.9. The van der Waals surface area contributed by atoms with E-state index in [1.54, 1.807) is 7.11 Å². The molecule has 100 valence electrons. The predicted molar refractivity (Wildman–Crippen MR) is 77.2 cm³/mol. The molecule has 0 saturated heterocycles. The summed E-state index contributed by atoms with van der Waals surface area (Å²) >= 11 is 3.44. The molecule has 0 aliphatic heterocycles. The molecule has 4 nitrogen and oxygen atoms in total. The first-order valence-corrected chi connectivity index (χ1v) is 6.63. The van der Waals surface area contributed by atoms with Crippen molar-refractivity contribution in [1.82, 2.24) is 4.98 Å². The third-order valence-corrected chi connectivity index (χ3v) is 3.21. The Morgan fingerprint density at radius 3 is 2.68 bits per heavy atom. The fourth-order valence-electron chi connectivity index (χ4n) is 1.60. The number of hydrogen-bond acceptors (Lipinski definition) is 4. The van der Waals surface area contributed by atoms with Gasteiger partial charge in [-0.15, -0.1) is 0 Å². The maximum Gasteiger partial charge on any atom is 0.134 e. The summed E-state index contributed by atoms with van der Waals surface area (Å²) in [6, 6.07) is 11.3. The average Bonchev–Trinajstić information content (AvgIpc) is 2.46. The highest BCUT2D eigenvalue weighted by Gasteiger charge is 2.04. The molecule has 0 fully saturated rings. The van der Waals surface area contributed by atoms with Gasteiger partial charge >= 0.3 is 0 Å². The van der Waals surface area contributed by atoms with Gasteiger partial charge in [-0.2, -0.15) is 0 Å². The van der Waals surface area contributed by atoms with Crippen LogP contribution in [-0.4, -0.2) is 12.1 Å². The van der Waals surface area contributed by atoms with E-state index in [2.05, 4.69) is 20.9 Å². The van der Waals surface area contributed by atoms with Gasteiger partial charge in [-0.1, -0.05) is 6.07 Å². The zero-order valence-electron chi connectivity index (χ0n) is 10.6. The van der Waals surface area contributed by atoms with Crippen molar-refractivity contribution < 1.29 is 9.47 Å². The molecule has 0 radical (unpaired) electrons. The second-order valence-corrected chi connectivity index (χ2v) is 4.76. The maximum absolute atomic E-state index is 5.72. The van der Waals surface area contributed by atoms with Gasteiger partial charge < -0.3 is 15.2 Å². The van der Waals surface area contributed by atoms with Gasteiger partial charge in [-0.3, -0.25) is 4.98 Å². The van der Waals surface area contributed by atoms with Crippen molar-refractivity contribution in [2.75, 3.05) is 7.11 Å². The fourth-order valence-corrected chi connectivity index (χ4v) is 2.07. The monoisotopic (exact) mass is 322 g/mol. The molecule has 0 aliphatic carbocycles. The normalized spacial score (nSPS) is 10.3. The average molecular weight is 323 g/mol. The molecular formula is C14H15BrN2O2. The molecule has 2 aromatic rings. The fraction of sp³-hybridized carbons (Fsp3) is 0.214. The molecule has 1 aromatic heterocycles. The molecular weight excluding hydrogens is 308 g/mol. The predicted octanol–water partition coefficient (Wildman–Crippen LogP) is 2.89. The maximum atomic E-state index is 5.72. The number of aromatic nitrogens is 1. The van der Waals surface area contributed by atoms with E-state index in [9.17, 15) is 0 Å². The van der Waals surface area contributed by atoms with E-state index in [0.717, 1.165) is 27.4 Å². The van der Waals surface area contributed by atoms with Crippen LogP contribution in [-0.2, 0) is 13.2 Å². The van der Waals surface area contributed by atoms with E-state index in [1.165, 1.54) is 0 Å². The standard InChI is InChI=1S/C14H15BrN2O2/c1-18-12-5-6-14(13(15)7-12)19-9-11-4-2-3-10(8-16)17-11/h2-7H,8-9,16H2,1H3. The van der Waals surface area contributed by atoms with Crippen LogP contribution in [0, 0.1) is 0 Å². The van der Waals surface area contributed by atoms with Crippen molar-refractivity contribution >= 4 is 15.9 Å². The Morgan fingerprint density at radius 2 is 2.00 bits per heavy atom. The molecule has 0 bridgehead atoms. The van der Waals surface area contributed by atoms with Gasteiger partial charge in [-0.25, -0.2) is 0 Å². The topological polar surface area (TPSA) is 57.4 Å². The summed E-state index contributed by atoms with van der Waals surface area (Å²) in [5, 5.41) is 0. The lowest BCUT2D eigenvalue weighted by atomic mass is 10.3. The summed E-state index contributed by atoms with van der Waals surface area (Å²) in [6.45, 7) is 0.832. The van der Waals surface area contributed by atoms with Crippen molar-refractivity contribution in [2.45, 2.75) is 13.2 Å². The minimum Gasteiger partial charge on any atom is -0.497 e. The van der Waals surface area contributed by atoms with E-state index in [0.29, 0.717) is 13.2 Å². The van der Waals surface area contributed by atoms with Gasteiger partial charge in [-0.05, 0) is 46.3 Å². The van der Waals surface area contributed by atoms with Gasteiger partial charge in [0, 0.05) is 6.54 Å². The molecule has 0 spiro atoms. The number of benzene rings is 1. The smallest absolute Gasteiger partial charge is 0.134 e. The number of methoxy groups -OCH3 is 1. The lowest BCUT2D eigenvalue weighted by Crippen LogP contribution is -2.04. The van der Waals surface area contributed by atoms with Crippen LogP contribution in [0.1, 0.15) is 11.4 Å². The molecule has 1 heterocycles. The van der Waals surface area contributed by atoms with Crippen LogP contribution in [0.5, 0.6) is 11.5 Å². The summed E-state index contributed by atoms with van der Waals surface area (Å²) in [5.74, 6) is 1.53.